The molecular formula is C22H30N4O2. The Bertz CT molecular complexity index is 736. The van der Waals surface area contributed by atoms with E-state index < -0.39 is 0 Å². The minimum absolute atomic E-state index is 0.0319. The molecule has 1 aliphatic rings. The molecule has 150 valence electrons. The first kappa shape index (κ1) is 20.1. The number of benzene rings is 1. The Morgan fingerprint density at radius 3 is 2.50 bits per heavy atom. The van der Waals surface area contributed by atoms with Gasteiger partial charge in [0, 0.05) is 38.1 Å². The van der Waals surface area contributed by atoms with Crippen LogP contribution >= 0.6 is 0 Å². The first-order valence-corrected chi connectivity index (χ1v) is 9.98. The summed E-state index contributed by atoms with van der Waals surface area (Å²) in [5.41, 5.74) is 2.13. The van der Waals surface area contributed by atoms with Gasteiger partial charge in [0.15, 0.2) is 0 Å². The van der Waals surface area contributed by atoms with Crippen molar-refractivity contribution in [2.45, 2.75) is 38.9 Å². The van der Waals surface area contributed by atoms with Crippen molar-refractivity contribution >= 4 is 6.03 Å². The fraction of sp³-hybridized carbons (Fsp3) is 0.455. The Morgan fingerprint density at radius 2 is 1.86 bits per heavy atom. The highest BCUT2D eigenvalue weighted by atomic mass is 16.5. The third-order valence-corrected chi connectivity index (χ3v) is 5.34. The molecule has 28 heavy (non-hydrogen) atoms. The van der Waals surface area contributed by atoms with E-state index in [2.05, 4.69) is 22.1 Å². The lowest BCUT2D eigenvalue weighted by Crippen LogP contribution is -2.45. The van der Waals surface area contributed by atoms with Gasteiger partial charge in [0.05, 0.1) is 7.11 Å². The first-order chi connectivity index (χ1) is 13.7. The zero-order valence-corrected chi connectivity index (χ0v) is 16.8. The van der Waals surface area contributed by atoms with Gasteiger partial charge in [-0.1, -0.05) is 19.1 Å². The predicted molar refractivity (Wildman–Crippen MR) is 110 cm³/mol. The number of methoxy groups -OCH3 is 1. The summed E-state index contributed by atoms with van der Waals surface area (Å²) in [5.74, 6) is 0.815. The number of amides is 2. The van der Waals surface area contributed by atoms with Crippen molar-refractivity contribution in [2.75, 3.05) is 26.7 Å². The molecule has 0 saturated carbocycles. The Kier molecular flexibility index (Phi) is 7.25. The van der Waals surface area contributed by atoms with Gasteiger partial charge in [0.25, 0.3) is 0 Å². The maximum Gasteiger partial charge on any atom is 0.318 e. The van der Waals surface area contributed by atoms with E-state index in [1.165, 1.54) is 6.42 Å². The SMILES string of the molecule is CCN1CCC[C@@H]1CNC(=O)N(Cc1ccncc1)Cc1ccc(OC)cc1. The molecule has 0 unspecified atom stereocenters. The number of carbonyl (C=O) groups excluding carboxylic acids is 1. The van der Waals surface area contributed by atoms with E-state index in [4.69, 9.17) is 4.74 Å². The molecule has 1 saturated heterocycles. The minimum Gasteiger partial charge on any atom is -0.497 e. The normalized spacial score (nSPS) is 16.7. The lowest BCUT2D eigenvalue weighted by Gasteiger charge is -2.27. The van der Waals surface area contributed by atoms with Gasteiger partial charge in [-0.3, -0.25) is 9.88 Å². The van der Waals surface area contributed by atoms with Gasteiger partial charge >= 0.3 is 6.03 Å². The van der Waals surface area contributed by atoms with Gasteiger partial charge in [0.2, 0.25) is 0 Å². The molecule has 6 nitrogen and oxygen atoms in total. The quantitative estimate of drug-likeness (QED) is 0.761. The molecule has 1 aliphatic heterocycles. The molecule has 3 rings (SSSR count). The van der Waals surface area contributed by atoms with Crippen LogP contribution in [0.1, 0.15) is 30.9 Å². The number of urea groups is 1. The number of nitrogens with zero attached hydrogens (tertiary/aromatic N) is 3. The number of likely N-dealkylation sites (tertiary alicyclic amines) is 1. The van der Waals surface area contributed by atoms with E-state index in [0.717, 1.165) is 36.4 Å². The van der Waals surface area contributed by atoms with Crippen LogP contribution in [-0.4, -0.2) is 53.6 Å². The molecule has 2 aromatic rings. The van der Waals surface area contributed by atoms with Crippen LogP contribution in [0.3, 0.4) is 0 Å². The highest BCUT2D eigenvalue weighted by Crippen LogP contribution is 2.17. The second-order valence-electron chi connectivity index (χ2n) is 7.17. The number of hydrogen-bond acceptors (Lipinski definition) is 4. The third kappa shape index (κ3) is 5.45. The fourth-order valence-corrected chi connectivity index (χ4v) is 3.72. The summed E-state index contributed by atoms with van der Waals surface area (Å²) < 4.78 is 5.23. The number of rotatable bonds is 8. The number of likely N-dealkylation sites (N-methyl/N-ethyl adjacent to an activating group) is 1. The lowest BCUT2D eigenvalue weighted by atomic mass is 10.2. The standard InChI is InChI=1S/C22H30N4O2/c1-3-25-14-4-5-20(25)15-24-22(27)26(17-19-10-12-23-13-11-19)16-18-6-8-21(28-2)9-7-18/h6-13,20H,3-5,14-17H2,1-2H3,(H,24,27)/t20-/m1/s1. The highest BCUT2D eigenvalue weighted by Gasteiger charge is 2.24. The number of nitrogens with one attached hydrogen (secondary N) is 1. The molecule has 1 N–H and O–H groups in total. The van der Waals surface area contributed by atoms with Crippen LogP contribution in [0, 0.1) is 0 Å². The maximum absolute atomic E-state index is 13.0. The number of aromatic nitrogens is 1. The zero-order valence-electron chi connectivity index (χ0n) is 16.8. The Balaban J connectivity index is 1.66. The molecule has 0 radical (unpaired) electrons. The van der Waals surface area contributed by atoms with E-state index in [-0.39, 0.29) is 6.03 Å². The van der Waals surface area contributed by atoms with E-state index in [9.17, 15) is 4.79 Å². The van der Waals surface area contributed by atoms with Crippen molar-refractivity contribution in [3.05, 3.63) is 59.9 Å². The summed E-state index contributed by atoms with van der Waals surface area (Å²) in [6.07, 6.45) is 5.88. The average molecular weight is 383 g/mol. The van der Waals surface area contributed by atoms with E-state index >= 15 is 0 Å². The van der Waals surface area contributed by atoms with E-state index in [1.54, 1.807) is 19.5 Å². The molecule has 1 aromatic carbocycles. The van der Waals surface area contributed by atoms with Crippen LogP contribution in [0.4, 0.5) is 4.79 Å². The van der Waals surface area contributed by atoms with Gasteiger partial charge in [-0.15, -0.1) is 0 Å². The van der Waals surface area contributed by atoms with Crippen molar-refractivity contribution in [3.8, 4) is 5.75 Å². The third-order valence-electron chi connectivity index (χ3n) is 5.34. The lowest BCUT2D eigenvalue weighted by molar-refractivity contribution is 0.186. The average Bonchev–Trinajstić information content (AvgIpc) is 3.20. The van der Waals surface area contributed by atoms with Crippen molar-refractivity contribution in [1.82, 2.24) is 20.1 Å². The van der Waals surface area contributed by atoms with Gasteiger partial charge in [-0.2, -0.15) is 0 Å². The number of hydrogen-bond donors (Lipinski definition) is 1. The molecule has 1 atom stereocenters. The minimum atomic E-state index is -0.0319. The van der Waals surface area contributed by atoms with Gasteiger partial charge in [-0.05, 0) is 61.3 Å². The van der Waals surface area contributed by atoms with Crippen molar-refractivity contribution < 1.29 is 9.53 Å². The molecule has 0 bridgehead atoms. The molecular weight excluding hydrogens is 352 g/mol. The molecule has 2 heterocycles. The predicted octanol–water partition coefficient (Wildman–Crippen LogP) is 3.29. The van der Waals surface area contributed by atoms with Gasteiger partial charge in [0.1, 0.15) is 5.75 Å². The van der Waals surface area contributed by atoms with Crippen LogP contribution in [-0.2, 0) is 13.1 Å². The maximum atomic E-state index is 13.0. The van der Waals surface area contributed by atoms with Gasteiger partial charge < -0.3 is 15.0 Å². The van der Waals surface area contributed by atoms with Crippen LogP contribution in [0.2, 0.25) is 0 Å². The molecule has 2 amide bonds. The van der Waals surface area contributed by atoms with Gasteiger partial charge in [-0.25, -0.2) is 4.79 Å². The summed E-state index contributed by atoms with van der Waals surface area (Å²) in [6, 6.07) is 12.2. The summed E-state index contributed by atoms with van der Waals surface area (Å²) in [4.78, 5) is 21.3. The summed E-state index contributed by atoms with van der Waals surface area (Å²) >= 11 is 0. The highest BCUT2D eigenvalue weighted by molar-refractivity contribution is 5.74. The molecule has 1 fully saturated rings. The van der Waals surface area contributed by atoms with E-state index in [0.29, 0.717) is 25.7 Å². The zero-order chi connectivity index (χ0) is 19.8. The van der Waals surface area contributed by atoms with Crippen molar-refractivity contribution in [1.29, 1.82) is 0 Å². The summed E-state index contributed by atoms with van der Waals surface area (Å²) in [6.45, 7) is 6.13. The largest absolute Gasteiger partial charge is 0.497 e. The topological polar surface area (TPSA) is 57.7 Å². The Hall–Kier alpha value is -2.60. The fourth-order valence-electron chi connectivity index (χ4n) is 3.72. The second-order valence-corrected chi connectivity index (χ2v) is 7.17. The molecule has 1 aromatic heterocycles. The second kappa shape index (κ2) is 10.1. The van der Waals surface area contributed by atoms with E-state index in [1.807, 2.05) is 41.3 Å². The number of pyridine rings is 1. The molecule has 0 spiro atoms. The molecule has 6 heteroatoms. The first-order valence-electron chi connectivity index (χ1n) is 9.98. The van der Waals surface area contributed by atoms with Crippen LogP contribution in [0.25, 0.3) is 0 Å². The van der Waals surface area contributed by atoms with Crippen LogP contribution < -0.4 is 10.1 Å². The Labute approximate surface area is 167 Å². The summed E-state index contributed by atoms with van der Waals surface area (Å²) in [5, 5.41) is 3.16. The smallest absolute Gasteiger partial charge is 0.318 e. The Morgan fingerprint density at radius 1 is 1.18 bits per heavy atom. The van der Waals surface area contributed by atoms with Crippen LogP contribution in [0.15, 0.2) is 48.8 Å². The van der Waals surface area contributed by atoms with Crippen LogP contribution in [0.5, 0.6) is 5.75 Å². The monoisotopic (exact) mass is 382 g/mol. The van der Waals surface area contributed by atoms with Crippen molar-refractivity contribution in [2.24, 2.45) is 0 Å². The van der Waals surface area contributed by atoms with Crippen molar-refractivity contribution in [3.63, 3.8) is 0 Å². The number of ether oxygens (including phenoxy) is 1. The molecule has 0 aliphatic carbocycles. The number of carbonyl (C=O) groups is 1. The summed E-state index contributed by atoms with van der Waals surface area (Å²) in [7, 11) is 1.65.